The Balaban J connectivity index is 1.61. The zero-order valence-electron chi connectivity index (χ0n) is 18.1. The zero-order valence-corrected chi connectivity index (χ0v) is 19.7. The minimum Gasteiger partial charge on any atom is -0.392 e. The number of nitrogen functional groups attached to an aromatic ring is 1. The first-order valence-electron chi connectivity index (χ1n) is 10.5. The first kappa shape index (κ1) is 22.6. The predicted molar refractivity (Wildman–Crippen MR) is 129 cm³/mol. The summed E-state index contributed by atoms with van der Waals surface area (Å²) in [5.41, 5.74) is 7.98. The molecule has 0 bridgehead atoms. The van der Waals surface area contributed by atoms with Crippen LogP contribution in [0.3, 0.4) is 0 Å². The Bertz CT molecular complexity index is 1550. The van der Waals surface area contributed by atoms with E-state index in [0.29, 0.717) is 22.2 Å². The number of aromatic nitrogens is 3. The van der Waals surface area contributed by atoms with Crippen LogP contribution < -0.4 is 10.5 Å². The van der Waals surface area contributed by atoms with Gasteiger partial charge in [0.2, 0.25) is 0 Å². The largest absolute Gasteiger partial charge is 0.392 e. The smallest absolute Gasteiger partial charge is 0.263 e. The molecule has 0 spiro atoms. The van der Waals surface area contributed by atoms with Crippen LogP contribution in [0.5, 0.6) is 0 Å². The van der Waals surface area contributed by atoms with Gasteiger partial charge in [0.25, 0.3) is 10.0 Å². The number of hydrogen-bond acceptors (Lipinski definition) is 6. The fourth-order valence-electron chi connectivity index (χ4n) is 4.08. The van der Waals surface area contributed by atoms with E-state index in [1.807, 2.05) is 4.57 Å². The third-order valence-corrected chi connectivity index (χ3v) is 7.78. The van der Waals surface area contributed by atoms with Crippen LogP contribution in [0.1, 0.15) is 30.0 Å². The van der Waals surface area contributed by atoms with E-state index in [-0.39, 0.29) is 38.6 Å². The van der Waals surface area contributed by atoms with Crippen LogP contribution in [-0.4, -0.2) is 28.1 Å². The van der Waals surface area contributed by atoms with Crippen LogP contribution in [0, 0.1) is 12.7 Å². The molecule has 0 amide bonds. The van der Waals surface area contributed by atoms with Crippen molar-refractivity contribution in [2.45, 2.75) is 37.3 Å². The third-order valence-electron chi connectivity index (χ3n) is 5.83. The third kappa shape index (κ3) is 3.77. The van der Waals surface area contributed by atoms with Gasteiger partial charge >= 0.3 is 0 Å². The topological polar surface area (TPSA) is 123 Å². The molecule has 1 fully saturated rings. The monoisotopic (exact) mass is 501 g/mol. The van der Waals surface area contributed by atoms with Gasteiger partial charge in [0.1, 0.15) is 22.7 Å². The van der Waals surface area contributed by atoms with Crippen molar-refractivity contribution in [1.82, 2.24) is 14.5 Å². The van der Waals surface area contributed by atoms with Crippen molar-refractivity contribution in [2.75, 3.05) is 10.5 Å². The number of aliphatic hydroxyl groups is 1. The number of nitrogens with one attached hydrogen (secondary N) is 1. The van der Waals surface area contributed by atoms with E-state index in [1.54, 1.807) is 31.3 Å². The van der Waals surface area contributed by atoms with Crippen LogP contribution >= 0.6 is 11.6 Å². The highest BCUT2D eigenvalue weighted by molar-refractivity contribution is 7.92. The van der Waals surface area contributed by atoms with E-state index in [9.17, 15) is 13.5 Å². The average molecular weight is 502 g/mol. The first-order valence-corrected chi connectivity index (χ1v) is 12.4. The summed E-state index contributed by atoms with van der Waals surface area (Å²) in [4.78, 5) is 8.15. The Morgan fingerprint density at radius 1 is 1.26 bits per heavy atom. The van der Waals surface area contributed by atoms with Gasteiger partial charge in [-0.2, -0.15) is 0 Å². The van der Waals surface area contributed by atoms with Gasteiger partial charge in [-0.05, 0) is 43.0 Å². The van der Waals surface area contributed by atoms with Crippen molar-refractivity contribution in [3.63, 3.8) is 0 Å². The molecule has 176 valence electrons. The fourth-order valence-corrected chi connectivity index (χ4v) is 5.82. The molecule has 4 N–H and O–H groups in total. The van der Waals surface area contributed by atoms with Crippen LogP contribution in [0.15, 0.2) is 47.8 Å². The first-order chi connectivity index (χ1) is 16.2. The Morgan fingerprint density at radius 2 is 2.03 bits per heavy atom. The maximum Gasteiger partial charge on any atom is 0.263 e. The molecule has 0 aliphatic heterocycles. The maximum absolute atomic E-state index is 15.7. The number of aryl methyl sites for hydroxylation is 1. The minimum absolute atomic E-state index is 0.116. The molecule has 0 atom stereocenters. The number of hydrogen-bond donors (Lipinski definition) is 3. The van der Waals surface area contributed by atoms with Gasteiger partial charge in [0.05, 0.1) is 22.7 Å². The highest BCUT2D eigenvalue weighted by Crippen LogP contribution is 2.43. The quantitative estimate of drug-likeness (QED) is 0.359. The summed E-state index contributed by atoms with van der Waals surface area (Å²) in [5.74, 6) is -0.553. The summed E-state index contributed by atoms with van der Waals surface area (Å²) in [6.45, 7) is 1.25. The van der Waals surface area contributed by atoms with Gasteiger partial charge in [-0.25, -0.2) is 22.8 Å². The van der Waals surface area contributed by atoms with Crippen molar-refractivity contribution in [1.29, 1.82) is 0 Å². The second-order valence-electron chi connectivity index (χ2n) is 8.31. The number of rotatable bonds is 6. The number of anilines is 2. The lowest BCUT2D eigenvalue weighted by Gasteiger charge is -2.14. The summed E-state index contributed by atoms with van der Waals surface area (Å²) in [7, 11) is -4.26. The molecular weight excluding hydrogens is 481 g/mol. The van der Waals surface area contributed by atoms with Crippen LogP contribution in [0.25, 0.3) is 22.2 Å². The predicted octanol–water partition coefficient (Wildman–Crippen LogP) is 4.41. The highest BCUT2D eigenvalue weighted by Gasteiger charge is 2.29. The van der Waals surface area contributed by atoms with Gasteiger partial charge in [0, 0.05) is 23.4 Å². The van der Waals surface area contributed by atoms with Gasteiger partial charge in [-0.3, -0.25) is 4.72 Å². The van der Waals surface area contributed by atoms with E-state index in [1.165, 1.54) is 18.5 Å². The highest BCUT2D eigenvalue weighted by atomic mass is 35.5. The molecule has 1 aliphatic rings. The summed E-state index contributed by atoms with van der Waals surface area (Å²) in [6, 6.07) is 7.65. The van der Waals surface area contributed by atoms with Gasteiger partial charge in [0.15, 0.2) is 5.82 Å². The fraction of sp³-hybridized carbons (Fsp3) is 0.217. The molecule has 1 aliphatic carbocycles. The Hall–Kier alpha value is -3.21. The molecular formula is C23H21ClFN5O3S. The number of nitrogens with zero attached hydrogens (tertiary/aromatic N) is 3. The van der Waals surface area contributed by atoms with E-state index in [4.69, 9.17) is 17.3 Å². The molecule has 0 saturated heterocycles. The molecule has 34 heavy (non-hydrogen) atoms. The molecule has 2 aromatic carbocycles. The Labute approximate surface area is 200 Å². The van der Waals surface area contributed by atoms with Crippen molar-refractivity contribution in [2.24, 2.45) is 0 Å². The number of halogens is 2. The lowest BCUT2D eigenvalue weighted by atomic mass is 10.0. The Kier molecular flexibility index (Phi) is 5.46. The van der Waals surface area contributed by atoms with Gasteiger partial charge < -0.3 is 15.4 Å². The van der Waals surface area contributed by atoms with Crippen LogP contribution in [0.2, 0.25) is 5.02 Å². The van der Waals surface area contributed by atoms with Crippen molar-refractivity contribution < 1.29 is 17.9 Å². The molecule has 2 aromatic heterocycles. The molecule has 4 aromatic rings. The summed E-state index contributed by atoms with van der Waals surface area (Å²) in [6.07, 6.45) is 5.13. The lowest BCUT2D eigenvalue weighted by Crippen LogP contribution is -2.15. The summed E-state index contributed by atoms with van der Waals surface area (Å²) < 4.78 is 46.2. The van der Waals surface area contributed by atoms with Crippen LogP contribution in [0.4, 0.5) is 15.9 Å². The SMILES string of the molecule is Cc1cc(CO)c(Cl)c(S(=O)(=O)Nc2cccc(-c3cn(C4CC4)c4ncnc(N)c34)c2F)c1. The van der Waals surface area contributed by atoms with Gasteiger partial charge in [-0.15, -0.1) is 0 Å². The van der Waals surface area contributed by atoms with Gasteiger partial charge in [-0.1, -0.05) is 29.8 Å². The lowest BCUT2D eigenvalue weighted by molar-refractivity contribution is 0.281. The van der Waals surface area contributed by atoms with E-state index in [2.05, 4.69) is 14.7 Å². The Morgan fingerprint density at radius 3 is 2.74 bits per heavy atom. The molecule has 1 saturated carbocycles. The molecule has 0 radical (unpaired) electrons. The van der Waals surface area contributed by atoms with E-state index in [0.717, 1.165) is 12.8 Å². The molecule has 2 heterocycles. The number of sulfonamides is 1. The normalized spacial score (nSPS) is 14.0. The maximum atomic E-state index is 15.7. The second kappa shape index (κ2) is 8.23. The molecule has 0 unspecified atom stereocenters. The standard InChI is InChI=1S/C23H21ClFN5O3S/c1-12-7-13(10-31)20(24)18(8-12)34(32,33)29-17-4-2-3-15(21(17)25)16-9-30(14-5-6-14)23-19(16)22(26)27-11-28-23/h2-4,7-9,11,14,29,31H,5-6,10H2,1H3,(H2,26,27,28). The number of aliphatic hydroxyl groups excluding tert-OH is 1. The van der Waals surface area contributed by atoms with Crippen LogP contribution in [-0.2, 0) is 16.6 Å². The number of fused-ring (bicyclic) bond motifs is 1. The number of nitrogens with two attached hydrogens (primary N) is 1. The summed E-state index contributed by atoms with van der Waals surface area (Å²) in [5, 5.41) is 9.90. The second-order valence-corrected chi connectivity index (χ2v) is 10.3. The molecule has 5 rings (SSSR count). The van der Waals surface area contributed by atoms with E-state index < -0.39 is 22.4 Å². The number of benzene rings is 2. The van der Waals surface area contributed by atoms with Crippen molar-refractivity contribution in [3.8, 4) is 11.1 Å². The molecule has 8 nitrogen and oxygen atoms in total. The molecule has 11 heteroatoms. The minimum atomic E-state index is -4.26. The summed E-state index contributed by atoms with van der Waals surface area (Å²) >= 11 is 6.22. The van der Waals surface area contributed by atoms with Crippen molar-refractivity contribution >= 4 is 44.2 Å². The van der Waals surface area contributed by atoms with Crippen molar-refractivity contribution in [3.05, 3.63) is 64.8 Å². The zero-order chi connectivity index (χ0) is 24.2. The van der Waals surface area contributed by atoms with E-state index >= 15 is 4.39 Å². The average Bonchev–Trinajstić information content (AvgIpc) is 3.57.